The second kappa shape index (κ2) is 6.64. The summed E-state index contributed by atoms with van der Waals surface area (Å²) in [4.78, 5) is 44.6. The van der Waals surface area contributed by atoms with E-state index in [0.29, 0.717) is 30.4 Å². The van der Waals surface area contributed by atoms with E-state index in [1.807, 2.05) is 6.07 Å². The lowest BCUT2D eigenvalue weighted by Gasteiger charge is -2.26. The third kappa shape index (κ3) is 3.36. The number of hydrogen-bond acceptors (Lipinski definition) is 5. The van der Waals surface area contributed by atoms with E-state index in [1.54, 1.807) is 31.3 Å². The molecule has 0 saturated heterocycles. The van der Waals surface area contributed by atoms with Gasteiger partial charge in [0.1, 0.15) is 6.54 Å². The smallest absolute Gasteiger partial charge is 0.346 e. The third-order valence-corrected chi connectivity index (χ3v) is 5.02. The standard InChI is InChI=1S/C18H22N6O3/c1-21(2)16(25)11-24-18(27)23-8-7-22(10-15(23)20-24)17(26)13-5-6-19-14(9-13)12-3-4-12/h5-6,9,12H,3-4,7-8,10-11H2,1-2H3. The fourth-order valence-corrected chi connectivity index (χ4v) is 3.21. The molecule has 27 heavy (non-hydrogen) atoms. The molecule has 0 N–H and O–H groups in total. The zero-order valence-electron chi connectivity index (χ0n) is 15.5. The molecule has 2 aromatic heterocycles. The van der Waals surface area contributed by atoms with E-state index in [0.717, 1.165) is 18.5 Å². The maximum Gasteiger partial charge on any atom is 0.346 e. The van der Waals surface area contributed by atoms with Gasteiger partial charge in [-0.2, -0.15) is 5.10 Å². The number of carbonyl (C=O) groups excluding carboxylic acids is 2. The number of carbonyl (C=O) groups is 2. The summed E-state index contributed by atoms with van der Waals surface area (Å²) in [6, 6.07) is 3.60. The molecular formula is C18H22N6O3. The van der Waals surface area contributed by atoms with Crippen molar-refractivity contribution >= 4 is 11.8 Å². The molecule has 0 unspecified atom stereocenters. The average molecular weight is 370 g/mol. The molecule has 2 amide bonds. The number of pyridine rings is 1. The van der Waals surface area contributed by atoms with Gasteiger partial charge in [0.2, 0.25) is 5.91 Å². The van der Waals surface area contributed by atoms with E-state index in [2.05, 4.69) is 10.1 Å². The fourth-order valence-electron chi connectivity index (χ4n) is 3.21. The van der Waals surface area contributed by atoms with E-state index < -0.39 is 0 Å². The summed E-state index contributed by atoms with van der Waals surface area (Å²) >= 11 is 0. The highest BCUT2D eigenvalue weighted by molar-refractivity contribution is 5.94. The van der Waals surface area contributed by atoms with E-state index in [9.17, 15) is 14.4 Å². The molecule has 0 atom stereocenters. The van der Waals surface area contributed by atoms with Crippen LogP contribution in [0.25, 0.3) is 0 Å². The summed E-state index contributed by atoms with van der Waals surface area (Å²) in [5, 5.41) is 4.27. The highest BCUT2D eigenvalue weighted by Gasteiger charge is 2.29. The second-order valence-electron chi connectivity index (χ2n) is 7.27. The van der Waals surface area contributed by atoms with Gasteiger partial charge in [0.15, 0.2) is 5.82 Å². The third-order valence-electron chi connectivity index (χ3n) is 5.02. The van der Waals surface area contributed by atoms with E-state index in [-0.39, 0.29) is 30.6 Å². The minimum absolute atomic E-state index is 0.0862. The van der Waals surface area contributed by atoms with E-state index in [1.165, 1.54) is 14.1 Å². The number of hydrogen-bond donors (Lipinski definition) is 0. The summed E-state index contributed by atoms with van der Waals surface area (Å²) in [7, 11) is 3.27. The first-order valence-corrected chi connectivity index (χ1v) is 9.06. The quantitative estimate of drug-likeness (QED) is 0.759. The Bertz CT molecular complexity index is 956. The fraction of sp³-hybridized carbons (Fsp3) is 0.500. The highest BCUT2D eigenvalue weighted by Crippen LogP contribution is 2.39. The Morgan fingerprint density at radius 3 is 2.74 bits per heavy atom. The van der Waals surface area contributed by atoms with Crippen LogP contribution in [0.3, 0.4) is 0 Å². The van der Waals surface area contributed by atoms with Crippen molar-refractivity contribution in [2.45, 2.75) is 38.4 Å². The molecule has 3 heterocycles. The number of likely N-dealkylation sites (N-methyl/N-ethyl adjacent to an activating group) is 1. The number of nitrogens with zero attached hydrogens (tertiary/aromatic N) is 6. The van der Waals surface area contributed by atoms with Gasteiger partial charge in [-0.1, -0.05) is 0 Å². The van der Waals surface area contributed by atoms with Gasteiger partial charge in [0.05, 0.1) is 6.54 Å². The Kier molecular flexibility index (Phi) is 4.29. The van der Waals surface area contributed by atoms with Crippen LogP contribution in [0.4, 0.5) is 0 Å². The molecule has 2 aromatic rings. The molecule has 9 heteroatoms. The summed E-state index contributed by atoms with van der Waals surface area (Å²) < 4.78 is 2.71. The molecule has 1 saturated carbocycles. The first-order chi connectivity index (χ1) is 12.9. The summed E-state index contributed by atoms with van der Waals surface area (Å²) in [5.41, 5.74) is 1.28. The van der Waals surface area contributed by atoms with Crippen LogP contribution in [0.5, 0.6) is 0 Å². The van der Waals surface area contributed by atoms with Crippen LogP contribution in [0.2, 0.25) is 0 Å². The normalized spacial score (nSPS) is 16.1. The van der Waals surface area contributed by atoms with Crippen LogP contribution in [0.1, 0.15) is 40.6 Å². The lowest BCUT2D eigenvalue weighted by Crippen LogP contribution is -2.41. The van der Waals surface area contributed by atoms with E-state index in [4.69, 9.17) is 0 Å². The molecule has 0 radical (unpaired) electrons. The van der Waals surface area contributed by atoms with Crippen molar-refractivity contribution in [3.05, 3.63) is 45.9 Å². The van der Waals surface area contributed by atoms with Gasteiger partial charge < -0.3 is 9.80 Å². The van der Waals surface area contributed by atoms with Gasteiger partial charge in [-0.05, 0) is 25.0 Å². The molecule has 9 nitrogen and oxygen atoms in total. The van der Waals surface area contributed by atoms with Crippen LogP contribution in [-0.4, -0.2) is 61.6 Å². The maximum absolute atomic E-state index is 12.9. The van der Waals surface area contributed by atoms with E-state index >= 15 is 0 Å². The molecular weight excluding hydrogens is 348 g/mol. The summed E-state index contributed by atoms with van der Waals surface area (Å²) in [6.07, 6.45) is 3.94. The van der Waals surface area contributed by atoms with Crippen molar-refractivity contribution in [1.29, 1.82) is 0 Å². The molecule has 142 valence electrons. The van der Waals surface area contributed by atoms with Crippen molar-refractivity contribution in [3.8, 4) is 0 Å². The molecule has 4 rings (SSSR count). The monoisotopic (exact) mass is 370 g/mol. The van der Waals surface area contributed by atoms with Gasteiger partial charge in [0, 0.05) is 50.6 Å². The van der Waals surface area contributed by atoms with Crippen LogP contribution in [0.15, 0.2) is 23.1 Å². The number of amides is 2. The van der Waals surface area contributed by atoms with Crippen LogP contribution in [0, 0.1) is 0 Å². The van der Waals surface area contributed by atoms with Crippen LogP contribution >= 0.6 is 0 Å². The molecule has 1 aliphatic carbocycles. The summed E-state index contributed by atoms with van der Waals surface area (Å²) in [6.45, 7) is 0.948. The Balaban J connectivity index is 1.52. The number of aromatic nitrogens is 4. The van der Waals surface area contributed by atoms with Crippen molar-refractivity contribution < 1.29 is 9.59 Å². The van der Waals surface area contributed by atoms with Crippen molar-refractivity contribution in [3.63, 3.8) is 0 Å². The first kappa shape index (κ1) is 17.4. The van der Waals surface area contributed by atoms with Crippen LogP contribution in [-0.2, 0) is 24.4 Å². The molecule has 1 aliphatic heterocycles. The molecule has 0 aromatic carbocycles. The Hall–Kier alpha value is -2.97. The Morgan fingerprint density at radius 2 is 2.04 bits per heavy atom. The largest absolute Gasteiger partial charge is 0.347 e. The van der Waals surface area contributed by atoms with Crippen molar-refractivity contribution in [1.82, 2.24) is 29.1 Å². The van der Waals surface area contributed by atoms with Gasteiger partial charge in [-0.25, -0.2) is 9.48 Å². The zero-order chi connectivity index (χ0) is 19.1. The lowest BCUT2D eigenvalue weighted by atomic mass is 10.1. The predicted molar refractivity (Wildman–Crippen MR) is 96.1 cm³/mol. The first-order valence-electron chi connectivity index (χ1n) is 9.06. The Morgan fingerprint density at radius 1 is 1.26 bits per heavy atom. The Labute approximate surface area is 156 Å². The van der Waals surface area contributed by atoms with Gasteiger partial charge >= 0.3 is 5.69 Å². The van der Waals surface area contributed by atoms with Gasteiger partial charge in [0.25, 0.3) is 5.91 Å². The molecule has 0 spiro atoms. The lowest BCUT2D eigenvalue weighted by molar-refractivity contribution is -0.129. The minimum Gasteiger partial charge on any atom is -0.347 e. The van der Waals surface area contributed by atoms with Gasteiger partial charge in [-0.3, -0.25) is 19.1 Å². The average Bonchev–Trinajstić information content (AvgIpc) is 3.47. The maximum atomic E-state index is 12.9. The molecule has 1 fully saturated rings. The van der Waals surface area contributed by atoms with Gasteiger partial charge in [-0.15, -0.1) is 0 Å². The van der Waals surface area contributed by atoms with Crippen molar-refractivity contribution in [2.24, 2.45) is 0 Å². The van der Waals surface area contributed by atoms with Crippen LogP contribution < -0.4 is 5.69 Å². The zero-order valence-corrected chi connectivity index (χ0v) is 15.5. The number of rotatable bonds is 4. The molecule has 2 aliphatic rings. The molecule has 0 bridgehead atoms. The minimum atomic E-state index is -0.313. The SMILES string of the molecule is CN(C)C(=O)Cn1nc2n(c1=O)CCN(C(=O)c1ccnc(C3CC3)c1)C2. The van der Waals surface area contributed by atoms with Crippen molar-refractivity contribution in [2.75, 3.05) is 20.6 Å². The highest BCUT2D eigenvalue weighted by atomic mass is 16.2. The topological polar surface area (TPSA) is 93.3 Å². The predicted octanol–water partition coefficient (Wildman–Crippen LogP) is 0.0614. The second-order valence-corrected chi connectivity index (χ2v) is 7.27. The number of fused-ring (bicyclic) bond motifs is 1. The summed E-state index contributed by atoms with van der Waals surface area (Å²) in [5.74, 6) is 0.693.